The van der Waals surface area contributed by atoms with Crippen molar-refractivity contribution >= 4 is 11.6 Å². The summed E-state index contributed by atoms with van der Waals surface area (Å²) in [6.45, 7) is 6.18. The van der Waals surface area contributed by atoms with Crippen molar-refractivity contribution in [3.63, 3.8) is 0 Å². The minimum atomic E-state index is 0.643. The Morgan fingerprint density at radius 3 is 2.50 bits per heavy atom. The molecule has 1 aliphatic rings. The number of nitrogens with one attached hydrogen (secondary N) is 1. The van der Waals surface area contributed by atoms with Gasteiger partial charge in [-0.2, -0.15) is 0 Å². The average molecular weight is 345 g/mol. The highest BCUT2D eigenvalue weighted by atomic mass is 35.5. The quantitative estimate of drug-likeness (QED) is 0.833. The zero-order valence-electron chi connectivity index (χ0n) is 14.0. The van der Waals surface area contributed by atoms with Gasteiger partial charge in [0.2, 0.25) is 0 Å². The van der Waals surface area contributed by atoms with Gasteiger partial charge < -0.3 is 15.0 Å². The third-order valence-corrected chi connectivity index (χ3v) is 4.71. The smallest absolute Gasteiger partial charge is 0.137 e. The molecular weight excluding hydrogens is 320 g/mol. The van der Waals surface area contributed by atoms with Gasteiger partial charge in [-0.25, -0.2) is 0 Å². The van der Waals surface area contributed by atoms with Crippen molar-refractivity contribution in [2.45, 2.75) is 12.8 Å². The summed E-state index contributed by atoms with van der Waals surface area (Å²) in [7, 11) is 0. The molecule has 128 valence electrons. The molecule has 3 rings (SSSR count). The van der Waals surface area contributed by atoms with Crippen LogP contribution in [0, 0.1) is 0 Å². The van der Waals surface area contributed by atoms with Crippen LogP contribution in [-0.4, -0.2) is 44.2 Å². The van der Waals surface area contributed by atoms with Crippen molar-refractivity contribution < 1.29 is 4.74 Å². The molecule has 1 aliphatic heterocycles. The van der Waals surface area contributed by atoms with Gasteiger partial charge in [-0.1, -0.05) is 48.0 Å². The number of nitrogens with zero attached hydrogens (tertiary/aromatic N) is 1. The van der Waals surface area contributed by atoms with E-state index < -0.39 is 0 Å². The van der Waals surface area contributed by atoms with E-state index in [1.54, 1.807) is 0 Å². The third kappa shape index (κ3) is 5.23. The molecule has 0 amide bonds. The second kappa shape index (κ2) is 9.07. The van der Waals surface area contributed by atoms with Gasteiger partial charge >= 0.3 is 0 Å². The summed E-state index contributed by atoms with van der Waals surface area (Å²) in [5.74, 6) is 0.776. The van der Waals surface area contributed by atoms with Crippen molar-refractivity contribution in [1.29, 1.82) is 0 Å². The van der Waals surface area contributed by atoms with Crippen LogP contribution in [0.4, 0.5) is 0 Å². The largest absolute Gasteiger partial charge is 0.492 e. The average Bonchev–Trinajstić information content (AvgIpc) is 2.63. The van der Waals surface area contributed by atoms with Gasteiger partial charge in [0.1, 0.15) is 5.75 Å². The highest BCUT2D eigenvalue weighted by molar-refractivity contribution is 6.32. The number of hydrogen-bond acceptors (Lipinski definition) is 3. The predicted octanol–water partition coefficient (Wildman–Crippen LogP) is 3.41. The number of benzene rings is 2. The Morgan fingerprint density at radius 2 is 1.75 bits per heavy atom. The zero-order valence-corrected chi connectivity index (χ0v) is 14.8. The maximum Gasteiger partial charge on any atom is 0.137 e. The molecule has 1 fully saturated rings. The summed E-state index contributed by atoms with van der Waals surface area (Å²) in [5.41, 5.74) is 2.55. The van der Waals surface area contributed by atoms with Crippen LogP contribution in [-0.2, 0) is 12.8 Å². The number of ether oxygens (including phenoxy) is 1. The molecule has 0 bridgehead atoms. The van der Waals surface area contributed by atoms with Crippen molar-refractivity contribution in [3.05, 3.63) is 64.7 Å². The van der Waals surface area contributed by atoms with Gasteiger partial charge in [0.25, 0.3) is 0 Å². The Bertz CT molecular complexity index is 627. The summed E-state index contributed by atoms with van der Waals surface area (Å²) in [4.78, 5) is 2.49. The monoisotopic (exact) mass is 344 g/mol. The van der Waals surface area contributed by atoms with Gasteiger partial charge in [-0.15, -0.1) is 0 Å². The lowest BCUT2D eigenvalue weighted by atomic mass is 10.1. The molecule has 0 atom stereocenters. The van der Waals surface area contributed by atoms with Gasteiger partial charge in [0, 0.05) is 39.1 Å². The summed E-state index contributed by atoms with van der Waals surface area (Å²) in [6, 6.07) is 16.5. The molecule has 0 aliphatic carbocycles. The summed E-state index contributed by atoms with van der Waals surface area (Å²) in [6.07, 6.45) is 1.92. The molecule has 24 heavy (non-hydrogen) atoms. The second-order valence-electron chi connectivity index (χ2n) is 6.19. The molecule has 1 saturated heterocycles. The Labute approximate surface area is 149 Å². The fourth-order valence-corrected chi connectivity index (χ4v) is 3.22. The minimum absolute atomic E-state index is 0.643. The molecule has 0 radical (unpaired) electrons. The van der Waals surface area contributed by atoms with E-state index in [-0.39, 0.29) is 0 Å². The number of piperazine rings is 1. The molecule has 0 spiro atoms. The topological polar surface area (TPSA) is 24.5 Å². The number of hydrogen-bond donors (Lipinski definition) is 1. The minimum Gasteiger partial charge on any atom is -0.492 e. The van der Waals surface area contributed by atoms with Crippen molar-refractivity contribution in [3.8, 4) is 5.75 Å². The third-order valence-electron chi connectivity index (χ3n) is 4.41. The standard InChI is InChI=1S/C20H25ClN2O/c21-19-16-18(8-12-23-13-10-22-11-14-23)6-7-20(19)24-15-9-17-4-2-1-3-5-17/h1-7,16,22H,8-15H2. The molecule has 2 aromatic rings. The molecular formula is C20H25ClN2O. The van der Waals surface area contributed by atoms with Gasteiger partial charge in [-0.3, -0.25) is 0 Å². The molecule has 0 saturated carbocycles. The van der Waals surface area contributed by atoms with E-state index in [0.29, 0.717) is 11.6 Å². The fourth-order valence-electron chi connectivity index (χ4n) is 2.96. The van der Waals surface area contributed by atoms with E-state index in [9.17, 15) is 0 Å². The first-order chi connectivity index (χ1) is 11.8. The normalized spacial score (nSPS) is 15.4. The first-order valence-electron chi connectivity index (χ1n) is 8.69. The maximum atomic E-state index is 6.38. The van der Waals surface area contributed by atoms with Crippen molar-refractivity contribution in [1.82, 2.24) is 10.2 Å². The molecule has 3 nitrogen and oxygen atoms in total. The fraction of sp³-hybridized carbons (Fsp3) is 0.400. The first-order valence-corrected chi connectivity index (χ1v) is 9.07. The van der Waals surface area contributed by atoms with Crippen LogP contribution >= 0.6 is 11.6 Å². The highest BCUT2D eigenvalue weighted by Gasteiger charge is 2.10. The van der Waals surface area contributed by atoms with E-state index in [4.69, 9.17) is 16.3 Å². The van der Waals surface area contributed by atoms with Crippen LogP contribution < -0.4 is 10.1 Å². The van der Waals surface area contributed by atoms with E-state index in [2.05, 4.69) is 40.5 Å². The van der Waals surface area contributed by atoms with Crippen LogP contribution in [0.25, 0.3) is 0 Å². The van der Waals surface area contributed by atoms with E-state index in [1.807, 2.05) is 18.2 Å². The Morgan fingerprint density at radius 1 is 0.958 bits per heavy atom. The van der Waals surface area contributed by atoms with Crippen molar-refractivity contribution in [2.24, 2.45) is 0 Å². The SMILES string of the molecule is Clc1cc(CCN2CCNCC2)ccc1OCCc1ccccc1. The molecule has 0 unspecified atom stereocenters. The highest BCUT2D eigenvalue weighted by Crippen LogP contribution is 2.26. The molecule has 4 heteroatoms. The van der Waals surface area contributed by atoms with E-state index >= 15 is 0 Å². The van der Waals surface area contributed by atoms with Gasteiger partial charge in [0.05, 0.1) is 11.6 Å². The maximum absolute atomic E-state index is 6.38. The lowest BCUT2D eigenvalue weighted by molar-refractivity contribution is 0.244. The predicted molar refractivity (Wildman–Crippen MR) is 100 cm³/mol. The molecule has 2 aromatic carbocycles. The van der Waals surface area contributed by atoms with Crippen LogP contribution in [0.5, 0.6) is 5.75 Å². The second-order valence-corrected chi connectivity index (χ2v) is 6.60. The van der Waals surface area contributed by atoms with Crippen LogP contribution in [0.2, 0.25) is 5.02 Å². The lowest BCUT2D eigenvalue weighted by Crippen LogP contribution is -2.44. The zero-order chi connectivity index (χ0) is 16.6. The van der Waals surface area contributed by atoms with E-state index in [0.717, 1.165) is 51.3 Å². The molecule has 0 aromatic heterocycles. The van der Waals surface area contributed by atoms with Crippen LogP contribution in [0.1, 0.15) is 11.1 Å². The Kier molecular flexibility index (Phi) is 6.53. The number of halogens is 1. The van der Waals surface area contributed by atoms with Gasteiger partial charge in [-0.05, 0) is 29.7 Å². The van der Waals surface area contributed by atoms with E-state index in [1.165, 1.54) is 11.1 Å². The summed E-state index contributed by atoms with van der Waals surface area (Å²) in [5, 5.41) is 4.09. The number of rotatable bonds is 7. The van der Waals surface area contributed by atoms with Crippen molar-refractivity contribution in [2.75, 3.05) is 39.3 Å². The first kappa shape index (κ1) is 17.3. The summed E-state index contributed by atoms with van der Waals surface area (Å²) >= 11 is 6.38. The Hall–Kier alpha value is -1.55. The summed E-state index contributed by atoms with van der Waals surface area (Å²) < 4.78 is 5.84. The van der Waals surface area contributed by atoms with Crippen LogP contribution in [0.3, 0.4) is 0 Å². The molecule has 1 heterocycles. The lowest BCUT2D eigenvalue weighted by Gasteiger charge is -2.27. The molecule has 1 N–H and O–H groups in total. The Balaban J connectivity index is 1.47. The van der Waals surface area contributed by atoms with Gasteiger partial charge in [0.15, 0.2) is 0 Å². The van der Waals surface area contributed by atoms with Crippen LogP contribution in [0.15, 0.2) is 48.5 Å².